The van der Waals surface area contributed by atoms with Gasteiger partial charge in [0.05, 0.1) is 5.69 Å². The smallest absolute Gasteiger partial charge is 0.240 e. The Morgan fingerprint density at radius 1 is 1.05 bits per heavy atom. The van der Waals surface area contributed by atoms with Crippen LogP contribution in [0.4, 0.5) is 21.5 Å². The van der Waals surface area contributed by atoms with Crippen LogP contribution in [0.15, 0.2) is 47.4 Å². The molecule has 0 saturated heterocycles. The van der Waals surface area contributed by atoms with Gasteiger partial charge in [-0.05, 0) is 36.4 Å². The molecule has 0 amide bonds. The van der Waals surface area contributed by atoms with E-state index in [1.165, 1.54) is 30.3 Å². The van der Waals surface area contributed by atoms with Crippen molar-refractivity contribution in [1.29, 1.82) is 0 Å². The molecule has 0 spiro atoms. The predicted molar refractivity (Wildman–Crippen MR) is 71.9 cm³/mol. The minimum Gasteiger partial charge on any atom is -0.398 e. The van der Waals surface area contributed by atoms with Gasteiger partial charge >= 0.3 is 0 Å². The standard InChI is InChI=1S/C12H12FN3O2S/c13-8-2-1-3-9(6-8)16-10-4-5-12(11(14)7-10)19(15,17)18/h1-7,16H,14H2,(H2,15,17,18). The molecule has 100 valence electrons. The molecule has 0 atom stereocenters. The first-order valence-electron chi connectivity index (χ1n) is 5.31. The molecule has 0 aliphatic heterocycles. The normalized spacial score (nSPS) is 11.3. The average molecular weight is 281 g/mol. The van der Waals surface area contributed by atoms with Gasteiger partial charge < -0.3 is 11.1 Å². The van der Waals surface area contributed by atoms with E-state index in [4.69, 9.17) is 10.9 Å². The number of hydrogen-bond donors (Lipinski definition) is 3. The highest BCUT2D eigenvalue weighted by Gasteiger charge is 2.12. The maximum absolute atomic E-state index is 13.0. The Morgan fingerprint density at radius 2 is 1.74 bits per heavy atom. The zero-order valence-corrected chi connectivity index (χ0v) is 10.6. The van der Waals surface area contributed by atoms with Gasteiger partial charge in [0.15, 0.2) is 0 Å². The van der Waals surface area contributed by atoms with Gasteiger partial charge in [0, 0.05) is 11.4 Å². The number of rotatable bonds is 3. The molecular formula is C12H12FN3O2S. The third-order valence-corrected chi connectivity index (χ3v) is 3.41. The van der Waals surface area contributed by atoms with Crippen LogP contribution < -0.4 is 16.2 Å². The van der Waals surface area contributed by atoms with Gasteiger partial charge in [0.1, 0.15) is 10.7 Å². The topological polar surface area (TPSA) is 98.2 Å². The molecule has 2 aromatic carbocycles. The molecule has 0 aliphatic carbocycles. The van der Waals surface area contributed by atoms with E-state index in [-0.39, 0.29) is 16.4 Å². The fourth-order valence-corrected chi connectivity index (χ4v) is 2.26. The number of anilines is 3. The third kappa shape index (κ3) is 3.21. The van der Waals surface area contributed by atoms with E-state index in [1.807, 2.05) is 0 Å². The Balaban J connectivity index is 2.31. The average Bonchev–Trinajstić information content (AvgIpc) is 2.27. The van der Waals surface area contributed by atoms with E-state index in [1.54, 1.807) is 12.1 Å². The van der Waals surface area contributed by atoms with E-state index in [0.717, 1.165) is 0 Å². The molecule has 0 heterocycles. The number of nitrogens with two attached hydrogens (primary N) is 2. The van der Waals surface area contributed by atoms with Crippen molar-refractivity contribution in [1.82, 2.24) is 0 Å². The number of nitrogen functional groups attached to an aromatic ring is 1. The van der Waals surface area contributed by atoms with Crippen molar-refractivity contribution in [2.75, 3.05) is 11.1 Å². The molecule has 5 N–H and O–H groups in total. The Hall–Kier alpha value is -2.12. The quantitative estimate of drug-likeness (QED) is 0.747. The molecule has 0 aromatic heterocycles. The van der Waals surface area contributed by atoms with Crippen molar-refractivity contribution < 1.29 is 12.8 Å². The number of sulfonamides is 1. The molecule has 7 heteroatoms. The summed E-state index contributed by atoms with van der Waals surface area (Å²) in [6.45, 7) is 0. The van der Waals surface area contributed by atoms with Crippen LogP contribution >= 0.6 is 0 Å². The maximum Gasteiger partial charge on any atom is 0.240 e. The zero-order chi connectivity index (χ0) is 14.0. The Morgan fingerprint density at radius 3 is 2.32 bits per heavy atom. The van der Waals surface area contributed by atoms with Gasteiger partial charge in [0.2, 0.25) is 10.0 Å². The van der Waals surface area contributed by atoms with Crippen LogP contribution in [-0.4, -0.2) is 8.42 Å². The van der Waals surface area contributed by atoms with E-state index in [0.29, 0.717) is 11.4 Å². The van der Waals surface area contributed by atoms with Crippen LogP contribution in [0.1, 0.15) is 0 Å². The summed E-state index contributed by atoms with van der Waals surface area (Å²) in [5, 5.41) is 7.91. The second-order valence-corrected chi connectivity index (χ2v) is 5.46. The third-order valence-electron chi connectivity index (χ3n) is 2.43. The fraction of sp³-hybridized carbons (Fsp3) is 0. The van der Waals surface area contributed by atoms with Crippen LogP contribution in [0.2, 0.25) is 0 Å². The summed E-state index contributed by atoms with van der Waals surface area (Å²) in [6.07, 6.45) is 0. The summed E-state index contributed by atoms with van der Waals surface area (Å²) in [5.41, 5.74) is 6.72. The van der Waals surface area contributed by atoms with Gasteiger partial charge in [-0.25, -0.2) is 17.9 Å². The van der Waals surface area contributed by atoms with Crippen LogP contribution in [0.3, 0.4) is 0 Å². The molecule has 5 nitrogen and oxygen atoms in total. The second-order valence-electron chi connectivity index (χ2n) is 3.93. The summed E-state index contributed by atoms with van der Waals surface area (Å²) in [4.78, 5) is -0.141. The van der Waals surface area contributed by atoms with E-state index >= 15 is 0 Å². The van der Waals surface area contributed by atoms with E-state index in [9.17, 15) is 12.8 Å². The molecule has 0 saturated carbocycles. The highest BCUT2D eigenvalue weighted by atomic mass is 32.2. The monoisotopic (exact) mass is 281 g/mol. The Bertz CT molecular complexity index is 717. The minimum atomic E-state index is -3.84. The lowest BCUT2D eigenvalue weighted by atomic mass is 10.2. The molecule has 0 radical (unpaired) electrons. The summed E-state index contributed by atoms with van der Waals surface area (Å²) >= 11 is 0. The molecular weight excluding hydrogens is 269 g/mol. The first-order chi connectivity index (χ1) is 8.86. The lowest BCUT2D eigenvalue weighted by molar-refractivity contribution is 0.598. The van der Waals surface area contributed by atoms with Crippen LogP contribution in [0.25, 0.3) is 0 Å². The second kappa shape index (κ2) is 4.87. The number of nitrogens with one attached hydrogen (secondary N) is 1. The van der Waals surface area contributed by atoms with Crippen molar-refractivity contribution in [2.24, 2.45) is 5.14 Å². The number of hydrogen-bond acceptors (Lipinski definition) is 4. The van der Waals surface area contributed by atoms with Crippen LogP contribution in [0.5, 0.6) is 0 Å². The largest absolute Gasteiger partial charge is 0.398 e. The van der Waals surface area contributed by atoms with Crippen molar-refractivity contribution in [3.8, 4) is 0 Å². The van der Waals surface area contributed by atoms with Crippen molar-refractivity contribution in [2.45, 2.75) is 4.90 Å². The lowest BCUT2D eigenvalue weighted by Crippen LogP contribution is -2.14. The maximum atomic E-state index is 13.0. The highest BCUT2D eigenvalue weighted by molar-refractivity contribution is 7.89. The van der Waals surface area contributed by atoms with Crippen LogP contribution in [0, 0.1) is 5.82 Å². The summed E-state index contributed by atoms with van der Waals surface area (Å²) < 4.78 is 35.4. The van der Waals surface area contributed by atoms with E-state index < -0.39 is 10.0 Å². The first kappa shape index (κ1) is 13.3. The van der Waals surface area contributed by atoms with Crippen molar-refractivity contribution >= 4 is 27.1 Å². The van der Waals surface area contributed by atoms with Gasteiger partial charge in [0.25, 0.3) is 0 Å². The summed E-state index contributed by atoms with van der Waals surface area (Å²) in [6, 6.07) is 10.1. The number of halogens is 1. The fourth-order valence-electron chi connectivity index (χ4n) is 1.62. The first-order valence-corrected chi connectivity index (χ1v) is 6.86. The number of benzene rings is 2. The Labute approximate surface area is 110 Å². The van der Waals surface area contributed by atoms with Crippen molar-refractivity contribution in [3.63, 3.8) is 0 Å². The summed E-state index contributed by atoms with van der Waals surface area (Å²) in [7, 11) is -3.84. The van der Waals surface area contributed by atoms with Gasteiger partial charge in [-0.3, -0.25) is 0 Å². The van der Waals surface area contributed by atoms with Gasteiger partial charge in [-0.15, -0.1) is 0 Å². The predicted octanol–water partition coefficient (Wildman–Crippen LogP) is 1.80. The molecule has 0 fully saturated rings. The minimum absolute atomic E-state index is 0.0314. The van der Waals surface area contributed by atoms with Crippen LogP contribution in [-0.2, 0) is 10.0 Å². The molecule has 2 aromatic rings. The van der Waals surface area contributed by atoms with E-state index in [2.05, 4.69) is 5.32 Å². The number of primary sulfonamides is 1. The highest BCUT2D eigenvalue weighted by Crippen LogP contribution is 2.24. The van der Waals surface area contributed by atoms with Gasteiger partial charge in [-0.2, -0.15) is 0 Å². The SMILES string of the molecule is Nc1cc(Nc2cccc(F)c2)ccc1S(N)(=O)=O. The Kier molecular flexibility index (Phi) is 3.41. The molecule has 0 unspecified atom stereocenters. The molecule has 19 heavy (non-hydrogen) atoms. The molecule has 0 aliphatic rings. The molecule has 2 rings (SSSR count). The summed E-state index contributed by atoms with van der Waals surface area (Å²) in [5.74, 6) is -0.376. The van der Waals surface area contributed by atoms with Crippen molar-refractivity contribution in [3.05, 3.63) is 48.3 Å². The zero-order valence-electron chi connectivity index (χ0n) is 9.80. The lowest BCUT2D eigenvalue weighted by Gasteiger charge is -2.09. The molecule has 0 bridgehead atoms. The van der Waals surface area contributed by atoms with Gasteiger partial charge in [-0.1, -0.05) is 6.07 Å².